The van der Waals surface area contributed by atoms with E-state index in [1.54, 1.807) is 18.2 Å². The summed E-state index contributed by atoms with van der Waals surface area (Å²) in [6, 6.07) is 16.5. The molecule has 3 aromatic carbocycles. The number of hydrogen-bond acceptors (Lipinski definition) is 4. The van der Waals surface area contributed by atoms with Gasteiger partial charge in [-0.3, -0.25) is 4.79 Å². The highest BCUT2D eigenvalue weighted by Gasteiger charge is 2.29. The second kappa shape index (κ2) is 9.47. The number of nitrogens with one attached hydrogen (secondary N) is 3. The Balaban J connectivity index is 1.37. The van der Waals surface area contributed by atoms with Crippen molar-refractivity contribution in [2.75, 3.05) is 18.4 Å². The van der Waals surface area contributed by atoms with E-state index in [4.69, 9.17) is 0 Å². The third-order valence-corrected chi connectivity index (χ3v) is 6.92. The number of aromatic hydroxyl groups is 1. The molecule has 0 fully saturated rings. The van der Waals surface area contributed by atoms with Gasteiger partial charge in [-0.2, -0.15) is 0 Å². The molecule has 2 aliphatic heterocycles. The molecule has 2 heterocycles. The molecule has 0 saturated heterocycles. The quantitative estimate of drug-likeness (QED) is 0.473. The molecule has 0 spiro atoms. The molecule has 3 aromatic rings. The zero-order valence-electron chi connectivity index (χ0n) is 19.3. The van der Waals surface area contributed by atoms with Gasteiger partial charge in [-0.1, -0.05) is 36.4 Å². The molecule has 1 amide bonds. The van der Waals surface area contributed by atoms with Crippen molar-refractivity contribution in [3.05, 3.63) is 93.8 Å². The molecule has 6 heteroatoms. The van der Waals surface area contributed by atoms with Gasteiger partial charge in [0.05, 0.1) is 17.8 Å². The van der Waals surface area contributed by atoms with Crippen LogP contribution in [0.5, 0.6) is 5.75 Å². The Kier molecular flexibility index (Phi) is 6.24. The largest absolute Gasteiger partial charge is 0.508 e. The Morgan fingerprint density at radius 1 is 1.12 bits per heavy atom. The van der Waals surface area contributed by atoms with Crippen LogP contribution in [-0.2, 0) is 24.1 Å². The van der Waals surface area contributed by atoms with Gasteiger partial charge in [0.1, 0.15) is 11.6 Å². The van der Waals surface area contributed by atoms with Crippen molar-refractivity contribution in [1.29, 1.82) is 0 Å². The number of carbonyl (C=O) groups excluding carboxylic acids is 1. The van der Waals surface area contributed by atoms with Gasteiger partial charge in [-0.15, -0.1) is 0 Å². The van der Waals surface area contributed by atoms with E-state index in [-0.39, 0.29) is 29.6 Å². The van der Waals surface area contributed by atoms with Crippen LogP contribution < -0.4 is 16.0 Å². The van der Waals surface area contributed by atoms with Crippen LogP contribution in [-0.4, -0.2) is 30.1 Å². The molecule has 4 N–H and O–H groups in total. The molecule has 2 atom stereocenters. The van der Waals surface area contributed by atoms with E-state index >= 15 is 0 Å². The van der Waals surface area contributed by atoms with Crippen LogP contribution in [0, 0.1) is 12.7 Å². The lowest BCUT2D eigenvalue weighted by molar-refractivity contribution is -0.123. The van der Waals surface area contributed by atoms with Crippen LogP contribution in [0.2, 0.25) is 0 Å². The number of rotatable bonds is 4. The molecular formula is C28H30FN3O2. The van der Waals surface area contributed by atoms with Crippen molar-refractivity contribution >= 4 is 11.6 Å². The molecular weight excluding hydrogens is 429 g/mol. The predicted molar refractivity (Wildman–Crippen MR) is 132 cm³/mol. The number of amides is 1. The van der Waals surface area contributed by atoms with Crippen LogP contribution >= 0.6 is 0 Å². The third-order valence-electron chi connectivity index (χ3n) is 6.92. The van der Waals surface area contributed by atoms with E-state index in [1.165, 1.54) is 0 Å². The maximum Gasteiger partial charge on any atom is 0.237 e. The van der Waals surface area contributed by atoms with Gasteiger partial charge in [0, 0.05) is 12.1 Å². The van der Waals surface area contributed by atoms with Crippen LogP contribution in [0.15, 0.2) is 54.6 Å². The summed E-state index contributed by atoms with van der Waals surface area (Å²) < 4.78 is 15.0. The van der Waals surface area contributed by atoms with E-state index in [0.29, 0.717) is 38.0 Å². The molecule has 2 aliphatic rings. The van der Waals surface area contributed by atoms with Crippen molar-refractivity contribution < 1.29 is 14.3 Å². The number of phenolic OH excluding ortho intramolecular Hbond substituents is 1. The number of fused-ring (bicyclic) bond motifs is 2. The number of halogens is 1. The Bertz CT molecular complexity index is 1210. The van der Waals surface area contributed by atoms with Crippen molar-refractivity contribution in [3.8, 4) is 5.75 Å². The van der Waals surface area contributed by atoms with E-state index in [2.05, 4.69) is 16.0 Å². The lowest BCUT2D eigenvalue weighted by Crippen LogP contribution is -2.47. The smallest absolute Gasteiger partial charge is 0.237 e. The molecule has 0 aromatic heterocycles. The highest BCUT2D eigenvalue weighted by Crippen LogP contribution is 2.34. The first kappa shape index (κ1) is 22.4. The van der Waals surface area contributed by atoms with Gasteiger partial charge < -0.3 is 21.1 Å². The summed E-state index contributed by atoms with van der Waals surface area (Å²) in [5.41, 5.74) is 6.50. The standard InChI is InChI=1S/C28H30FN3O2/c1-17-11-21(33)15-20-7-9-30-26(16-22(17)20)28(34)32-25-8-10-31-27-23(25)13-19(14-24(27)29)12-18-5-3-2-4-6-18/h2-6,11,13-15,25-26,30-31,33H,7-10,12,16H2,1H3,(H,32,34). The molecule has 5 rings (SSSR count). The zero-order chi connectivity index (χ0) is 23.7. The van der Waals surface area contributed by atoms with Gasteiger partial charge in [0.25, 0.3) is 0 Å². The maximum atomic E-state index is 15.0. The normalized spacial score (nSPS) is 19.4. The minimum Gasteiger partial charge on any atom is -0.508 e. The second-order valence-corrected chi connectivity index (χ2v) is 9.34. The monoisotopic (exact) mass is 459 g/mol. The van der Waals surface area contributed by atoms with Crippen molar-refractivity contribution in [3.63, 3.8) is 0 Å². The van der Waals surface area contributed by atoms with Gasteiger partial charge in [-0.05, 0) is 85.2 Å². The SMILES string of the molecule is Cc1cc(O)cc2c1CC(C(=O)NC1CCNc3c(F)cc(Cc4ccccc4)cc31)NCC2. The van der Waals surface area contributed by atoms with Crippen LogP contribution in [0.25, 0.3) is 0 Å². The van der Waals surface area contributed by atoms with E-state index in [0.717, 1.165) is 39.8 Å². The fourth-order valence-corrected chi connectivity index (χ4v) is 5.23. The fourth-order valence-electron chi connectivity index (χ4n) is 5.23. The predicted octanol–water partition coefficient (Wildman–Crippen LogP) is 4.16. The highest BCUT2D eigenvalue weighted by atomic mass is 19.1. The Morgan fingerprint density at radius 2 is 1.94 bits per heavy atom. The number of benzene rings is 3. The van der Waals surface area contributed by atoms with E-state index < -0.39 is 0 Å². The van der Waals surface area contributed by atoms with Gasteiger partial charge in [-0.25, -0.2) is 4.39 Å². The van der Waals surface area contributed by atoms with Crippen molar-refractivity contribution in [2.45, 2.75) is 44.7 Å². The van der Waals surface area contributed by atoms with Crippen LogP contribution in [0.4, 0.5) is 10.1 Å². The Hall–Kier alpha value is -3.38. The minimum atomic E-state index is -0.375. The molecule has 0 bridgehead atoms. The first-order valence-electron chi connectivity index (χ1n) is 11.9. The van der Waals surface area contributed by atoms with Gasteiger partial charge >= 0.3 is 0 Å². The van der Waals surface area contributed by atoms with Crippen molar-refractivity contribution in [1.82, 2.24) is 10.6 Å². The average molecular weight is 460 g/mol. The summed E-state index contributed by atoms with van der Waals surface area (Å²) in [5.74, 6) is -0.0924. The summed E-state index contributed by atoms with van der Waals surface area (Å²) in [6.45, 7) is 3.23. The number of phenols is 1. The number of aryl methyl sites for hydroxylation is 1. The van der Waals surface area contributed by atoms with Crippen LogP contribution in [0.3, 0.4) is 0 Å². The number of anilines is 1. The first-order valence-corrected chi connectivity index (χ1v) is 11.9. The topological polar surface area (TPSA) is 73.4 Å². The number of hydrogen-bond donors (Lipinski definition) is 4. The minimum absolute atomic E-state index is 0.0768. The molecule has 0 aliphatic carbocycles. The van der Waals surface area contributed by atoms with E-state index in [1.807, 2.05) is 43.3 Å². The average Bonchev–Trinajstić information content (AvgIpc) is 3.03. The molecule has 0 saturated carbocycles. The van der Waals surface area contributed by atoms with Crippen LogP contribution in [0.1, 0.15) is 45.8 Å². The second-order valence-electron chi connectivity index (χ2n) is 9.34. The summed E-state index contributed by atoms with van der Waals surface area (Å²) in [5, 5.41) is 19.7. The lowest BCUT2D eigenvalue weighted by Gasteiger charge is -2.30. The molecule has 34 heavy (non-hydrogen) atoms. The third kappa shape index (κ3) is 4.64. The zero-order valence-corrected chi connectivity index (χ0v) is 19.3. The Morgan fingerprint density at radius 3 is 2.76 bits per heavy atom. The summed E-state index contributed by atoms with van der Waals surface area (Å²) in [4.78, 5) is 13.3. The van der Waals surface area contributed by atoms with Crippen molar-refractivity contribution in [2.24, 2.45) is 0 Å². The summed E-state index contributed by atoms with van der Waals surface area (Å²) in [6.07, 6.45) is 2.66. The highest BCUT2D eigenvalue weighted by molar-refractivity contribution is 5.83. The molecule has 5 nitrogen and oxygen atoms in total. The summed E-state index contributed by atoms with van der Waals surface area (Å²) in [7, 11) is 0. The molecule has 176 valence electrons. The Labute approximate surface area is 199 Å². The maximum absolute atomic E-state index is 15.0. The summed E-state index contributed by atoms with van der Waals surface area (Å²) >= 11 is 0. The fraction of sp³-hybridized carbons (Fsp3) is 0.321. The lowest BCUT2D eigenvalue weighted by atomic mass is 9.92. The first-order chi connectivity index (χ1) is 16.5. The number of carbonyl (C=O) groups is 1. The van der Waals surface area contributed by atoms with Gasteiger partial charge in [0.15, 0.2) is 0 Å². The van der Waals surface area contributed by atoms with E-state index in [9.17, 15) is 14.3 Å². The van der Waals surface area contributed by atoms with Gasteiger partial charge in [0.2, 0.25) is 5.91 Å². The molecule has 0 radical (unpaired) electrons. The molecule has 2 unspecified atom stereocenters.